The lowest BCUT2D eigenvalue weighted by Gasteiger charge is -2.39. The number of carbonyl (C=O) groups excluding carboxylic acids is 1. The third kappa shape index (κ3) is 4.74. The van der Waals surface area contributed by atoms with Crippen molar-refractivity contribution in [1.82, 2.24) is 9.21 Å². The van der Waals surface area contributed by atoms with Crippen LogP contribution in [0.25, 0.3) is 0 Å². The Morgan fingerprint density at radius 2 is 1.92 bits per heavy atom. The summed E-state index contributed by atoms with van der Waals surface area (Å²) < 4.78 is 33.6. The van der Waals surface area contributed by atoms with Crippen LogP contribution in [0.2, 0.25) is 0 Å². The zero-order valence-electron chi connectivity index (χ0n) is 15.2. The fraction of sp³-hybridized carbons (Fsp3) is 0.588. The Morgan fingerprint density at radius 3 is 2.44 bits per heavy atom. The summed E-state index contributed by atoms with van der Waals surface area (Å²) in [6.07, 6.45) is -0.406. The van der Waals surface area contributed by atoms with Crippen molar-refractivity contribution in [2.45, 2.75) is 51.2 Å². The lowest BCUT2D eigenvalue weighted by atomic mass is 10.2. The second kappa shape index (κ2) is 7.25. The van der Waals surface area contributed by atoms with Gasteiger partial charge < -0.3 is 9.64 Å². The number of hydrogen-bond acceptors (Lipinski definition) is 4. The van der Waals surface area contributed by atoms with Crippen molar-refractivity contribution >= 4 is 32.0 Å². The minimum Gasteiger partial charge on any atom is -0.444 e. The highest BCUT2D eigenvalue weighted by molar-refractivity contribution is 9.10. The van der Waals surface area contributed by atoms with E-state index in [4.69, 9.17) is 4.74 Å². The van der Waals surface area contributed by atoms with Crippen LogP contribution in [0.4, 0.5) is 4.79 Å². The van der Waals surface area contributed by atoms with Crippen molar-refractivity contribution in [2.24, 2.45) is 0 Å². The maximum Gasteiger partial charge on any atom is 0.410 e. The number of piperazine rings is 1. The largest absolute Gasteiger partial charge is 0.444 e. The minimum atomic E-state index is -3.59. The molecule has 0 radical (unpaired) electrons. The molecule has 2 rings (SSSR count). The van der Waals surface area contributed by atoms with Gasteiger partial charge in [0.25, 0.3) is 0 Å². The van der Waals surface area contributed by atoms with E-state index in [2.05, 4.69) is 15.9 Å². The molecule has 0 bridgehead atoms. The van der Waals surface area contributed by atoms with E-state index in [0.717, 1.165) is 4.47 Å². The number of rotatable bonds is 2. The normalized spacial score (nSPS) is 19.8. The molecule has 1 fully saturated rings. The van der Waals surface area contributed by atoms with Crippen LogP contribution in [0.15, 0.2) is 27.6 Å². The summed E-state index contributed by atoms with van der Waals surface area (Å²) >= 11 is 3.35. The number of halogens is 1. The molecule has 1 aliphatic rings. The molecule has 0 aromatic heterocycles. The molecular formula is C17H25BrN2O4S. The van der Waals surface area contributed by atoms with Gasteiger partial charge in [0.1, 0.15) is 5.60 Å². The van der Waals surface area contributed by atoms with Crippen LogP contribution in [0, 0.1) is 6.92 Å². The molecule has 1 aromatic carbocycles. The Balaban J connectivity index is 2.15. The maximum atomic E-state index is 12.9. The highest BCUT2D eigenvalue weighted by atomic mass is 79.9. The summed E-state index contributed by atoms with van der Waals surface area (Å²) in [6.45, 7) is 9.85. The molecule has 1 saturated heterocycles. The summed E-state index contributed by atoms with van der Waals surface area (Å²) in [6, 6.07) is 4.86. The lowest BCUT2D eigenvalue weighted by molar-refractivity contribution is 0.00858. The Labute approximate surface area is 158 Å². The van der Waals surface area contributed by atoms with Crippen molar-refractivity contribution in [3.05, 3.63) is 28.2 Å². The third-order valence-electron chi connectivity index (χ3n) is 3.97. The Kier molecular flexibility index (Phi) is 5.85. The van der Waals surface area contributed by atoms with Gasteiger partial charge in [-0.15, -0.1) is 0 Å². The van der Waals surface area contributed by atoms with Gasteiger partial charge in [0.2, 0.25) is 10.0 Å². The molecule has 0 N–H and O–H groups in total. The van der Waals surface area contributed by atoms with Crippen LogP contribution in [-0.4, -0.2) is 55.0 Å². The van der Waals surface area contributed by atoms with Gasteiger partial charge in [0.15, 0.2) is 0 Å². The van der Waals surface area contributed by atoms with Crippen molar-refractivity contribution in [3.63, 3.8) is 0 Å². The van der Waals surface area contributed by atoms with Gasteiger partial charge >= 0.3 is 6.09 Å². The van der Waals surface area contributed by atoms with Gasteiger partial charge in [0, 0.05) is 30.1 Å². The molecule has 1 amide bonds. The first-order valence-corrected chi connectivity index (χ1v) is 10.4. The Hall–Kier alpha value is -1.12. The number of benzene rings is 1. The fourth-order valence-electron chi connectivity index (χ4n) is 2.78. The zero-order chi connectivity index (χ0) is 19.0. The van der Waals surface area contributed by atoms with Crippen molar-refractivity contribution < 1.29 is 17.9 Å². The first-order valence-electron chi connectivity index (χ1n) is 8.18. The molecule has 8 heteroatoms. The van der Waals surface area contributed by atoms with Crippen molar-refractivity contribution in [3.8, 4) is 0 Å². The molecule has 1 unspecified atom stereocenters. The van der Waals surface area contributed by atoms with E-state index >= 15 is 0 Å². The van der Waals surface area contributed by atoms with Gasteiger partial charge in [-0.05, 0) is 58.4 Å². The number of amides is 1. The van der Waals surface area contributed by atoms with E-state index in [1.165, 1.54) is 4.31 Å². The molecule has 1 heterocycles. The molecule has 0 aliphatic carbocycles. The highest BCUT2D eigenvalue weighted by Crippen LogP contribution is 2.25. The van der Waals surface area contributed by atoms with Crippen LogP contribution in [0.3, 0.4) is 0 Å². The van der Waals surface area contributed by atoms with Crippen LogP contribution >= 0.6 is 15.9 Å². The third-order valence-corrected chi connectivity index (χ3v) is 6.49. The van der Waals surface area contributed by atoms with Gasteiger partial charge in [0.05, 0.1) is 4.90 Å². The second-order valence-electron chi connectivity index (χ2n) is 7.30. The number of aryl methyl sites for hydroxylation is 1. The first kappa shape index (κ1) is 20.2. The van der Waals surface area contributed by atoms with E-state index in [9.17, 15) is 13.2 Å². The second-order valence-corrected chi connectivity index (χ2v) is 10.1. The van der Waals surface area contributed by atoms with E-state index in [-0.39, 0.29) is 19.1 Å². The summed E-state index contributed by atoms with van der Waals surface area (Å²) in [7, 11) is -3.59. The first-order chi connectivity index (χ1) is 11.4. The average Bonchev–Trinajstić information content (AvgIpc) is 2.44. The molecule has 140 valence electrons. The number of carbonyl (C=O) groups is 1. The van der Waals surface area contributed by atoms with Gasteiger partial charge in [-0.3, -0.25) is 0 Å². The molecule has 1 aromatic rings. The summed E-state index contributed by atoms with van der Waals surface area (Å²) in [5, 5.41) is 0. The SMILES string of the molecule is Cc1cc(Br)ccc1S(=O)(=O)N1CCN(C(=O)OC(C)(C)C)C(C)C1. The summed E-state index contributed by atoms with van der Waals surface area (Å²) in [4.78, 5) is 14.2. The minimum absolute atomic E-state index is 0.247. The van der Waals surface area contributed by atoms with E-state index in [1.807, 2.05) is 27.7 Å². The average molecular weight is 433 g/mol. The Bertz CT molecular complexity index is 758. The van der Waals surface area contributed by atoms with E-state index in [1.54, 1.807) is 30.0 Å². The molecule has 25 heavy (non-hydrogen) atoms. The van der Waals surface area contributed by atoms with Crippen molar-refractivity contribution in [2.75, 3.05) is 19.6 Å². The zero-order valence-corrected chi connectivity index (χ0v) is 17.6. The molecular weight excluding hydrogens is 408 g/mol. The standard InChI is InChI=1S/C17H25BrN2O4S/c1-12-10-14(18)6-7-15(12)25(22,23)19-8-9-20(13(2)11-19)16(21)24-17(3,4)5/h6-7,10,13H,8-9,11H2,1-5H3. The van der Waals surface area contributed by atoms with Gasteiger partial charge in [-0.25, -0.2) is 13.2 Å². The van der Waals surface area contributed by atoms with Gasteiger partial charge in [-0.2, -0.15) is 4.31 Å². The molecule has 0 spiro atoms. The highest BCUT2D eigenvalue weighted by Gasteiger charge is 2.36. The number of nitrogens with zero attached hydrogens (tertiary/aromatic N) is 2. The molecule has 6 nitrogen and oxygen atoms in total. The van der Waals surface area contributed by atoms with Crippen LogP contribution in [0.5, 0.6) is 0 Å². The maximum absolute atomic E-state index is 12.9. The van der Waals surface area contributed by atoms with Crippen LogP contribution in [0.1, 0.15) is 33.3 Å². The molecule has 1 atom stereocenters. The molecule has 1 aliphatic heterocycles. The lowest BCUT2D eigenvalue weighted by Crippen LogP contribution is -2.56. The summed E-state index contributed by atoms with van der Waals surface area (Å²) in [5.41, 5.74) is 0.116. The number of hydrogen-bond donors (Lipinski definition) is 0. The van der Waals surface area contributed by atoms with E-state index in [0.29, 0.717) is 17.0 Å². The van der Waals surface area contributed by atoms with Crippen molar-refractivity contribution in [1.29, 1.82) is 0 Å². The molecule has 0 saturated carbocycles. The van der Waals surface area contributed by atoms with Crippen LogP contribution in [-0.2, 0) is 14.8 Å². The summed E-state index contributed by atoms with van der Waals surface area (Å²) in [5.74, 6) is 0. The van der Waals surface area contributed by atoms with Gasteiger partial charge in [-0.1, -0.05) is 15.9 Å². The smallest absolute Gasteiger partial charge is 0.410 e. The monoisotopic (exact) mass is 432 g/mol. The predicted octanol–water partition coefficient (Wildman–Crippen LogP) is 3.39. The van der Waals surface area contributed by atoms with E-state index < -0.39 is 21.7 Å². The Morgan fingerprint density at radius 1 is 1.28 bits per heavy atom. The number of sulfonamides is 1. The quantitative estimate of drug-likeness (QED) is 0.717. The fourth-order valence-corrected chi connectivity index (χ4v) is 4.97. The predicted molar refractivity (Wildman–Crippen MR) is 100 cm³/mol. The van der Waals surface area contributed by atoms with Crippen LogP contribution < -0.4 is 0 Å². The number of ether oxygens (including phenoxy) is 1. The topological polar surface area (TPSA) is 66.9 Å².